The highest BCUT2D eigenvalue weighted by molar-refractivity contribution is 5.25. The second kappa shape index (κ2) is 8.07. The number of rotatable bonds is 7. The Labute approximate surface area is 169 Å². The molecular formula is C24H26F3N2+. The van der Waals surface area contributed by atoms with Crippen LogP contribution in [0.15, 0.2) is 66.9 Å². The Morgan fingerprint density at radius 1 is 0.931 bits per heavy atom. The van der Waals surface area contributed by atoms with Crippen LogP contribution < -0.4 is 4.90 Å². The van der Waals surface area contributed by atoms with Gasteiger partial charge in [-0.15, -0.1) is 0 Å². The van der Waals surface area contributed by atoms with Gasteiger partial charge in [-0.05, 0) is 36.8 Å². The second-order valence-corrected chi connectivity index (χ2v) is 8.10. The van der Waals surface area contributed by atoms with Gasteiger partial charge in [0, 0.05) is 31.1 Å². The third-order valence-corrected chi connectivity index (χ3v) is 5.63. The smallest absolute Gasteiger partial charge is 0.342 e. The van der Waals surface area contributed by atoms with E-state index in [1.54, 1.807) is 12.1 Å². The fourth-order valence-electron chi connectivity index (χ4n) is 3.92. The van der Waals surface area contributed by atoms with Crippen molar-refractivity contribution in [3.05, 3.63) is 94.8 Å². The second-order valence-electron chi connectivity index (χ2n) is 8.10. The zero-order valence-electron chi connectivity index (χ0n) is 16.5. The van der Waals surface area contributed by atoms with Crippen LogP contribution in [0.1, 0.15) is 40.8 Å². The van der Waals surface area contributed by atoms with Gasteiger partial charge in [-0.3, -0.25) is 0 Å². The molecule has 0 bridgehead atoms. The van der Waals surface area contributed by atoms with Crippen molar-refractivity contribution in [3.63, 3.8) is 0 Å². The van der Waals surface area contributed by atoms with Gasteiger partial charge in [-0.2, -0.15) is 13.2 Å². The maximum absolute atomic E-state index is 12.8. The first-order valence-electron chi connectivity index (χ1n) is 10.1. The van der Waals surface area contributed by atoms with Crippen LogP contribution in [0.2, 0.25) is 0 Å². The summed E-state index contributed by atoms with van der Waals surface area (Å²) in [7, 11) is 0. The fourth-order valence-corrected chi connectivity index (χ4v) is 3.92. The van der Waals surface area contributed by atoms with E-state index in [1.165, 1.54) is 46.7 Å². The monoisotopic (exact) mass is 399 g/mol. The third kappa shape index (κ3) is 5.10. The number of alkyl halides is 3. The van der Waals surface area contributed by atoms with E-state index in [0.29, 0.717) is 6.04 Å². The van der Waals surface area contributed by atoms with Gasteiger partial charge in [-0.25, -0.2) is 0 Å². The van der Waals surface area contributed by atoms with Crippen molar-refractivity contribution in [2.45, 2.75) is 51.6 Å². The molecule has 0 amide bonds. The van der Waals surface area contributed by atoms with Crippen LogP contribution >= 0.6 is 0 Å². The molecule has 4 rings (SSSR count). The van der Waals surface area contributed by atoms with E-state index in [1.807, 2.05) is 0 Å². The summed E-state index contributed by atoms with van der Waals surface area (Å²) >= 11 is 0. The number of halogens is 3. The summed E-state index contributed by atoms with van der Waals surface area (Å²) < 4.78 is 40.7. The predicted molar refractivity (Wildman–Crippen MR) is 108 cm³/mol. The van der Waals surface area contributed by atoms with Crippen LogP contribution in [0, 0.1) is 6.92 Å². The van der Waals surface area contributed by atoms with Crippen molar-refractivity contribution < 1.29 is 18.1 Å². The third-order valence-electron chi connectivity index (χ3n) is 5.63. The first kappa shape index (κ1) is 19.8. The van der Waals surface area contributed by atoms with Gasteiger partial charge in [0.05, 0.1) is 17.3 Å². The molecule has 1 heterocycles. The summed E-state index contributed by atoms with van der Waals surface area (Å²) in [5, 5.41) is 0. The lowest BCUT2D eigenvalue weighted by atomic mass is 10.1. The van der Waals surface area contributed by atoms with Gasteiger partial charge < -0.3 is 9.47 Å². The number of aryl methyl sites for hydroxylation is 1. The maximum atomic E-state index is 12.8. The topological polar surface area (TPSA) is 9.37 Å². The average Bonchev–Trinajstić information content (AvgIpc) is 3.43. The highest BCUT2D eigenvalue weighted by atomic mass is 19.4. The Bertz CT molecular complexity index is 953. The zero-order chi connectivity index (χ0) is 20.4. The molecule has 5 heteroatoms. The number of benzene rings is 2. The summed E-state index contributed by atoms with van der Waals surface area (Å²) in [6.45, 7) is 4.56. The SMILES string of the molecule is Cc1cccc(Cn2cccc2C[NH+](Cc2ccc(C(F)(F)F)cc2)C2CC2)c1. The van der Waals surface area contributed by atoms with E-state index in [-0.39, 0.29) is 0 Å². The van der Waals surface area contributed by atoms with Crippen molar-refractivity contribution >= 4 is 0 Å². The summed E-state index contributed by atoms with van der Waals surface area (Å²) in [5.41, 5.74) is 4.17. The molecule has 3 aromatic rings. The number of quaternary nitrogens is 1. The van der Waals surface area contributed by atoms with Crippen molar-refractivity contribution in [3.8, 4) is 0 Å². The summed E-state index contributed by atoms with van der Waals surface area (Å²) in [6, 6.07) is 19.0. The van der Waals surface area contributed by atoms with E-state index in [4.69, 9.17) is 0 Å². The lowest BCUT2D eigenvalue weighted by Crippen LogP contribution is -3.10. The van der Waals surface area contributed by atoms with Crippen LogP contribution in [-0.2, 0) is 25.8 Å². The van der Waals surface area contributed by atoms with Crippen LogP contribution in [0.3, 0.4) is 0 Å². The quantitative estimate of drug-likeness (QED) is 0.594. The van der Waals surface area contributed by atoms with Crippen LogP contribution in [0.4, 0.5) is 13.2 Å². The molecule has 1 aliphatic rings. The van der Waals surface area contributed by atoms with Crippen molar-refractivity contribution in [1.29, 1.82) is 0 Å². The Balaban J connectivity index is 1.46. The van der Waals surface area contributed by atoms with Crippen molar-refractivity contribution in [2.24, 2.45) is 0 Å². The minimum Gasteiger partial charge on any atom is -0.342 e. The predicted octanol–water partition coefficient (Wildman–Crippen LogP) is 4.61. The number of aromatic nitrogens is 1. The number of nitrogens with one attached hydrogen (secondary N) is 1. The molecule has 2 aromatic carbocycles. The first-order valence-corrected chi connectivity index (χ1v) is 10.1. The lowest BCUT2D eigenvalue weighted by Gasteiger charge is -2.21. The van der Waals surface area contributed by atoms with Crippen LogP contribution in [0.25, 0.3) is 0 Å². The van der Waals surface area contributed by atoms with E-state index in [9.17, 15) is 13.2 Å². The lowest BCUT2D eigenvalue weighted by molar-refractivity contribution is -0.938. The molecule has 29 heavy (non-hydrogen) atoms. The molecule has 0 aliphatic heterocycles. The van der Waals surface area contributed by atoms with E-state index in [0.717, 1.165) is 25.2 Å². The van der Waals surface area contributed by atoms with Gasteiger partial charge >= 0.3 is 6.18 Å². The van der Waals surface area contributed by atoms with Gasteiger partial charge in [0.25, 0.3) is 0 Å². The highest BCUT2D eigenvalue weighted by Gasteiger charge is 2.34. The molecule has 0 saturated heterocycles. The van der Waals surface area contributed by atoms with Crippen LogP contribution in [-0.4, -0.2) is 10.6 Å². The Kier molecular flexibility index (Phi) is 5.50. The molecule has 1 atom stereocenters. The molecular weight excluding hydrogens is 373 g/mol. The molecule has 1 saturated carbocycles. The number of hydrogen-bond donors (Lipinski definition) is 1. The van der Waals surface area contributed by atoms with Gasteiger partial charge in [-0.1, -0.05) is 42.0 Å². The largest absolute Gasteiger partial charge is 0.416 e. The normalized spacial score (nSPS) is 15.4. The number of hydrogen-bond acceptors (Lipinski definition) is 0. The molecule has 0 radical (unpaired) electrons. The van der Waals surface area contributed by atoms with Crippen molar-refractivity contribution in [1.82, 2.24) is 4.57 Å². The zero-order valence-corrected chi connectivity index (χ0v) is 16.5. The first-order chi connectivity index (χ1) is 13.9. The Morgan fingerprint density at radius 3 is 2.34 bits per heavy atom. The molecule has 1 aromatic heterocycles. The molecule has 1 N–H and O–H groups in total. The Morgan fingerprint density at radius 2 is 1.69 bits per heavy atom. The molecule has 1 aliphatic carbocycles. The molecule has 2 nitrogen and oxygen atoms in total. The minimum absolute atomic E-state index is 0.582. The average molecular weight is 399 g/mol. The van der Waals surface area contributed by atoms with Gasteiger partial charge in [0.1, 0.15) is 13.1 Å². The molecule has 1 unspecified atom stereocenters. The standard InChI is InChI=1S/C24H25F3N2/c1-18-4-2-5-20(14-18)16-28-13-3-6-23(28)17-29(22-11-12-22)15-19-7-9-21(10-8-19)24(25,26)27/h2-10,13-14,22H,11-12,15-17H2,1H3/p+1. The van der Waals surface area contributed by atoms with Crippen molar-refractivity contribution in [2.75, 3.05) is 0 Å². The van der Waals surface area contributed by atoms with E-state index in [2.05, 4.69) is 54.1 Å². The van der Waals surface area contributed by atoms with Gasteiger partial charge in [0.2, 0.25) is 0 Å². The summed E-state index contributed by atoms with van der Waals surface area (Å²) in [6.07, 6.45) is 0.210. The highest BCUT2D eigenvalue weighted by Crippen LogP contribution is 2.29. The number of nitrogens with zero attached hydrogens (tertiary/aromatic N) is 1. The Hall–Kier alpha value is -2.53. The summed E-state index contributed by atoms with van der Waals surface area (Å²) in [5.74, 6) is 0. The van der Waals surface area contributed by atoms with Gasteiger partial charge in [0.15, 0.2) is 0 Å². The van der Waals surface area contributed by atoms with Crippen LogP contribution in [0.5, 0.6) is 0 Å². The fraction of sp³-hybridized carbons (Fsp3) is 0.333. The summed E-state index contributed by atoms with van der Waals surface area (Å²) in [4.78, 5) is 1.42. The van der Waals surface area contributed by atoms with E-state index >= 15 is 0 Å². The van der Waals surface area contributed by atoms with E-state index < -0.39 is 11.7 Å². The molecule has 0 spiro atoms. The molecule has 152 valence electrons. The molecule has 1 fully saturated rings. The minimum atomic E-state index is -4.28. The maximum Gasteiger partial charge on any atom is 0.416 e.